The summed E-state index contributed by atoms with van der Waals surface area (Å²) in [7, 11) is 0. The van der Waals surface area contributed by atoms with Crippen molar-refractivity contribution in [3.8, 4) is 0 Å². The molecule has 0 fully saturated rings. The molecule has 3 heteroatoms. The highest BCUT2D eigenvalue weighted by Gasteiger charge is 2.21. The van der Waals surface area contributed by atoms with Crippen LogP contribution < -0.4 is 5.32 Å². The minimum absolute atomic E-state index is 0.158. The van der Waals surface area contributed by atoms with Crippen LogP contribution in [0.15, 0.2) is 0 Å². The fraction of sp³-hybridized carbons (Fsp3) is 1.00. The van der Waals surface area contributed by atoms with E-state index < -0.39 is 0 Å². The molecule has 110 valence electrons. The third kappa shape index (κ3) is 12.3. The van der Waals surface area contributed by atoms with Crippen LogP contribution in [0.25, 0.3) is 0 Å². The van der Waals surface area contributed by atoms with Gasteiger partial charge >= 0.3 is 0 Å². The van der Waals surface area contributed by atoms with Gasteiger partial charge in [-0.25, -0.2) is 0 Å². The number of ether oxygens (including phenoxy) is 2. The van der Waals surface area contributed by atoms with Crippen molar-refractivity contribution < 1.29 is 9.47 Å². The zero-order valence-electron chi connectivity index (χ0n) is 13.4. The maximum atomic E-state index is 5.68. The van der Waals surface area contributed by atoms with Crippen LogP contribution >= 0.6 is 0 Å². The molecule has 0 aromatic heterocycles. The summed E-state index contributed by atoms with van der Waals surface area (Å²) in [5, 5.41) is 3.52. The molecule has 1 N–H and O–H groups in total. The Morgan fingerprint density at radius 3 is 2.00 bits per heavy atom. The normalized spacial score (nSPS) is 13.3. The zero-order chi connectivity index (χ0) is 14.2. The molecule has 0 rings (SSSR count). The molecular formula is C15H33NO2. The first-order valence-electron chi connectivity index (χ1n) is 7.03. The highest BCUT2D eigenvalue weighted by molar-refractivity contribution is 4.77. The number of hydrogen-bond acceptors (Lipinski definition) is 3. The Bertz CT molecular complexity index is 207. The zero-order valence-corrected chi connectivity index (χ0v) is 13.4. The first kappa shape index (κ1) is 17.9. The van der Waals surface area contributed by atoms with E-state index in [-0.39, 0.29) is 11.0 Å². The summed E-state index contributed by atoms with van der Waals surface area (Å²) in [6, 6.07) is 0. The Kier molecular flexibility index (Phi) is 8.08. The van der Waals surface area contributed by atoms with Crippen LogP contribution in [0.4, 0.5) is 0 Å². The number of nitrogens with one attached hydrogen (secondary N) is 1. The van der Waals surface area contributed by atoms with Crippen LogP contribution in [0.1, 0.15) is 48.5 Å². The molecule has 0 aliphatic heterocycles. The topological polar surface area (TPSA) is 30.5 Å². The fourth-order valence-electron chi connectivity index (χ4n) is 1.34. The van der Waals surface area contributed by atoms with E-state index in [1.165, 1.54) is 0 Å². The summed E-state index contributed by atoms with van der Waals surface area (Å²) in [6.07, 6.45) is 0. The first-order chi connectivity index (χ1) is 8.12. The van der Waals surface area contributed by atoms with Gasteiger partial charge in [0.15, 0.2) is 0 Å². The third-order valence-corrected chi connectivity index (χ3v) is 2.41. The summed E-state index contributed by atoms with van der Waals surface area (Å²) in [5.41, 5.74) is 0.322. The average molecular weight is 259 g/mol. The van der Waals surface area contributed by atoms with Crippen molar-refractivity contribution >= 4 is 0 Å². The Morgan fingerprint density at radius 2 is 1.50 bits per heavy atom. The number of hydrogen-bond donors (Lipinski definition) is 1. The summed E-state index contributed by atoms with van der Waals surface area (Å²) in [6.45, 7) is 19.2. The summed E-state index contributed by atoms with van der Waals surface area (Å²) in [4.78, 5) is 0. The summed E-state index contributed by atoms with van der Waals surface area (Å²) >= 11 is 0. The van der Waals surface area contributed by atoms with E-state index in [1.54, 1.807) is 0 Å². The van der Waals surface area contributed by atoms with Crippen molar-refractivity contribution in [3.63, 3.8) is 0 Å². The van der Waals surface area contributed by atoms with Crippen molar-refractivity contribution in [1.29, 1.82) is 0 Å². The van der Waals surface area contributed by atoms with Crippen LogP contribution in [0, 0.1) is 11.3 Å². The second-order valence-corrected chi connectivity index (χ2v) is 7.29. The predicted octanol–water partition coefficient (Wildman–Crippen LogP) is 3.09. The molecule has 0 aliphatic carbocycles. The molecule has 0 saturated heterocycles. The molecule has 0 aromatic rings. The summed E-state index contributed by atoms with van der Waals surface area (Å²) in [5.74, 6) is 0.595. The molecule has 0 spiro atoms. The molecule has 0 bridgehead atoms. The molecule has 0 radical (unpaired) electrons. The van der Waals surface area contributed by atoms with Gasteiger partial charge in [-0.2, -0.15) is 0 Å². The van der Waals surface area contributed by atoms with Crippen LogP contribution in [-0.4, -0.2) is 38.5 Å². The van der Waals surface area contributed by atoms with Crippen LogP contribution in [0.2, 0.25) is 0 Å². The van der Waals surface area contributed by atoms with E-state index in [9.17, 15) is 0 Å². The predicted molar refractivity (Wildman–Crippen MR) is 78.0 cm³/mol. The van der Waals surface area contributed by atoms with Crippen molar-refractivity contribution in [1.82, 2.24) is 5.32 Å². The number of rotatable bonds is 9. The highest BCUT2D eigenvalue weighted by atomic mass is 16.5. The third-order valence-electron chi connectivity index (χ3n) is 2.41. The molecule has 0 aliphatic rings. The van der Waals surface area contributed by atoms with Gasteiger partial charge < -0.3 is 14.8 Å². The second kappa shape index (κ2) is 8.13. The quantitative estimate of drug-likeness (QED) is 0.645. The van der Waals surface area contributed by atoms with Gasteiger partial charge in [-0.05, 0) is 26.7 Å². The van der Waals surface area contributed by atoms with Gasteiger partial charge in [0.05, 0.1) is 19.8 Å². The lowest BCUT2D eigenvalue weighted by Crippen LogP contribution is -2.43. The summed E-state index contributed by atoms with van der Waals surface area (Å²) < 4.78 is 11.2. The molecule has 0 heterocycles. The molecular weight excluding hydrogens is 226 g/mol. The molecule has 0 unspecified atom stereocenters. The lowest BCUT2D eigenvalue weighted by molar-refractivity contribution is 0.00789. The average Bonchev–Trinajstić information content (AvgIpc) is 2.19. The van der Waals surface area contributed by atoms with E-state index >= 15 is 0 Å². The van der Waals surface area contributed by atoms with Gasteiger partial charge in [0.25, 0.3) is 0 Å². The minimum atomic E-state index is 0.158. The maximum absolute atomic E-state index is 5.68. The van der Waals surface area contributed by atoms with Gasteiger partial charge in [0.1, 0.15) is 0 Å². The first-order valence-corrected chi connectivity index (χ1v) is 7.03. The second-order valence-electron chi connectivity index (χ2n) is 7.29. The van der Waals surface area contributed by atoms with Gasteiger partial charge in [0, 0.05) is 24.1 Å². The molecule has 0 aromatic carbocycles. The monoisotopic (exact) mass is 259 g/mol. The van der Waals surface area contributed by atoms with Crippen LogP contribution in [0.5, 0.6) is 0 Å². The van der Waals surface area contributed by atoms with E-state index in [0.29, 0.717) is 19.1 Å². The van der Waals surface area contributed by atoms with E-state index in [0.717, 1.165) is 19.8 Å². The molecule has 18 heavy (non-hydrogen) atoms. The van der Waals surface area contributed by atoms with Gasteiger partial charge in [-0.1, -0.05) is 27.7 Å². The van der Waals surface area contributed by atoms with Crippen LogP contribution in [0.3, 0.4) is 0 Å². The van der Waals surface area contributed by atoms with E-state index in [1.807, 2.05) is 0 Å². The Morgan fingerprint density at radius 1 is 0.944 bits per heavy atom. The SMILES string of the molecule is CC(C)COCCOCC(C)(C)CNC(C)(C)C. The smallest absolute Gasteiger partial charge is 0.0700 e. The van der Waals surface area contributed by atoms with Crippen LogP contribution in [-0.2, 0) is 9.47 Å². The fourth-order valence-corrected chi connectivity index (χ4v) is 1.34. The van der Waals surface area contributed by atoms with Crippen molar-refractivity contribution in [2.24, 2.45) is 11.3 Å². The Labute approximate surface area is 114 Å². The van der Waals surface area contributed by atoms with E-state index in [4.69, 9.17) is 9.47 Å². The lowest BCUT2D eigenvalue weighted by atomic mass is 9.93. The maximum Gasteiger partial charge on any atom is 0.0700 e. The molecule has 0 saturated carbocycles. The molecule has 0 amide bonds. The van der Waals surface area contributed by atoms with Crippen molar-refractivity contribution in [3.05, 3.63) is 0 Å². The standard InChI is InChI=1S/C15H33NO2/c1-13(2)10-17-8-9-18-12-15(6,7)11-16-14(3,4)5/h13,16H,8-12H2,1-7H3. The van der Waals surface area contributed by atoms with Crippen molar-refractivity contribution in [2.75, 3.05) is 33.0 Å². The molecule has 0 atom stereocenters. The lowest BCUT2D eigenvalue weighted by Gasteiger charge is -2.30. The van der Waals surface area contributed by atoms with Gasteiger partial charge in [0.2, 0.25) is 0 Å². The highest BCUT2D eigenvalue weighted by Crippen LogP contribution is 2.15. The minimum Gasteiger partial charge on any atom is -0.379 e. The molecule has 3 nitrogen and oxygen atoms in total. The van der Waals surface area contributed by atoms with Crippen molar-refractivity contribution in [2.45, 2.75) is 54.0 Å². The Hall–Kier alpha value is -0.120. The van der Waals surface area contributed by atoms with Gasteiger partial charge in [-0.15, -0.1) is 0 Å². The largest absolute Gasteiger partial charge is 0.379 e. The van der Waals surface area contributed by atoms with Gasteiger partial charge in [-0.3, -0.25) is 0 Å². The van der Waals surface area contributed by atoms with E-state index in [2.05, 4.69) is 53.8 Å². The Balaban J connectivity index is 3.58.